The van der Waals surface area contributed by atoms with E-state index in [-0.39, 0.29) is 26.9 Å². The van der Waals surface area contributed by atoms with Gasteiger partial charge in [-0.15, -0.1) is 0 Å². The minimum absolute atomic E-state index is 0.0407. The van der Waals surface area contributed by atoms with Gasteiger partial charge in [-0.2, -0.15) is 13.2 Å². The van der Waals surface area contributed by atoms with Crippen LogP contribution in [0, 0.1) is 0 Å². The van der Waals surface area contributed by atoms with Crippen LogP contribution in [0.1, 0.15) is 11.1 Å². The molecule has 1 aliphatic heterocycles. The van der Waals surface area contributed by atoms with E-state index >= 15 is 0 Å². The van der Waals surface area contributed by atoms with Crippen molar-refractivity contribution < 1.29 is 22.8 Å². The first kappa shape index (κ1) is 23.7. The number of hydrogen-bond acceptors (Lipinski definition) is 4. The highest BCUT2D eigenvalue weighted by Gasteiger charge is 2.38. The molecule has 0 saturated carbocycles. The molecule has 3 aromatic rings. The summed E-state index contributed by atoms with van der Waals surface area (Å²) in [6.07, 6.45) is -4.61. The zero-order valence-corrected chi connectivity index (χ0v) is 19.1. The molecule has 1 saturated heterocycles. The van der Waals surface area contributed by atoms with E-state index in [1.54, 1.807) is 60.7 Å². The molecule has 0 unspecified atom stereocenters. The van der Waals surface area contributed by atoms with Crippen molar-refractivity contribution in [3.8, 4) is 0 Å². The van der Waals surface area contributed by atoms with Crippen molar-refractivity contribution >= 4 is 51.5 Å². The average molecular weight is 499 g/mol. The fourth-order valence-corrected chi connectivity index (χ4v) is 4.81. The number of alkyl halides is 3. The normalized spacial score (nSPS) is 15.4. The topological polar surface area (TPSA) is 49.4 Å². The molecule has 1 heterocycles. The Balaban J connectivity index is 1.75. The number of rotatable bonds is 5. The molecule has 3 aromatic carbocycles. The smallest absolute Gasteiger partial charge is 0.322 e. The van der Waals surface area contributed by atoms with Crippen molar-refractivity contribution in [2.45, 2.75) is 12.6 Å². The Morgan fingerprint density at radius 1 is 0.912 bits per heavy atom. The van der Waals surface area contributed by atoms with E-state index in [2.05, 4.69) is 5.32 Å². The maximum Gasteiger partial charge on any atom is 0.418 e. The van der Waals surface area contributed by atoms with Gasteiger partial charge in [0.2, 0.25) is 0 Å². The van der Waals surface area contributed by atoms with Crippen molar-refractivity contribution in [3.05, 3.63) is 107 Å². The summed E-state index contributed by atoms with van der Waals surface area (Å²) in [7, 11) is 0. The molecule has 172 valence electrons. The lowest BCUT2D eigenvalue weighted by Gasteiger charge is -2.16. The Morgan fingerprint density at radius 2 is 1.50 bits per heavy atom. The number of carbonyl (C=O) groups excluding carboxylic acids is 2. The molecule has 1 N–H and O–H groups in total. The van der Waals surface area contributed by atoms with Crippen LogP contribution in [-0.2, 0) is 22.2 Å². The molecule has 0 spiro atoms. The number of halogens is 3. The van der Waals surface area contributed by atoms with Crippen molar-refractivity contribution in [3.63, 3.8) is 0 Å². The summed E-state index contributed by atoms with van der Waals surface area (Å²) in [4.78, 5) is 28.0. The summed E-state index contributed by atoms with van der Waals surface area (Å²) >= 11 is 6.36. The summed E-state index contributed by atoms with van der Waals surface area (Å²) in [5.41, 5.74) is -0.0501. The van der Waals surface area contributed by atoms with Gasteiger partial charge in [0.25, 0.3) is 11.8 Å². The van der Waals surface area contributed by atoms with Crippen molar-refractivity contribution in [2.24, 2.45) is 0 Å². The number of nitrogens with zero attached hydrogens (tertiary/aromatic N) is 1. The van der Waals surface area contributed by atoms with E-state index in [9.17, 15) is 22.8 Å². The maximum atomic E-state index is 13.5. The van der Waals surface area contributed by atoms with Gasteiger partial charge in [0.15, 0.2) is 4.32 Å². The van der Waals surface area contributed by atoms with E-state index < -0.39 is 23.6 Å². The predicted molar refractivity (Wildman–Crippen MR) is 131 cm³/mol. The van der Waals surface area contributed by atoms with Crippen LogP contribution in [0.5, 0.6) is 0 Å². The van der Waals surface area contributed by atoms with Gasteiger partial charge in [-0.05, 0) is 29.8 Å². The highest BCUT2D eigenvalue weighted by Crippen LogP contribution is 2.39. The van der Waals surface area contributed by atoms with E-state index in [0.717, 1.165) is 23.4 Å². The second-order valence-corrected chi connectivity index (χ2v) is 8.96. The Hall–Kier alpha value is -3.43. The van der Waals surface area contributed by atoms with Gasteiger partial charge in [-0.1, -0.05) is 84.6 Å². The number of para-hydroxylation sites is 2. The van der Waals surface area contributed by atoms with Gasteiger partial charge in [0, 0.05) is 12.0 Å². The molecule has 0 aliphatic carbocycles. The van der Waals surface area contributed by atoms with Crippen LogP contribution in [0.4, 0.5) is 24.5 Å². The van der Waals surface area contributed by atoms with E-state index in [4.69, 9.17) is 12.2 Å². The number of thiocarbonyl (C=S) groups is 1. The first-order valence-electron chi connectivity index (χ1n) is 10.1. The zero-order valence-electron chi connectivity index (χ0n) is 17.5. The summed E-state index contributed by atoms with van der Waals surface area (Å²) in [5, 5.41) is 2.36. The highest BCUT2D eigenvalue weighted by atomic mass is 32.2. The largest absolute Gasteiger partial charge is 0.418 e. The van der Waals surface area contributed by atoms with Crippen LogP contribution in [0.3, 0.4) is 0 Å². The number of anilines is 2. The summed E-state index contributed by atoms with van der Waals surface area (Å²) in [6, 6.07) is 22.3. The maximum absolute atomic E-state index is 13.5. The van der Waals surface area contributed by atoms with Crippen LogP contribution in [0.2, 0.25) is 0 Å². The molecular weight excluding hydrogens is 481 g/mol. The fourth-order valence-electron chi connectivity index (χ4n) is 3.45. The third-order valence-corrected chi connectivity index (χ3v) is 6.45. The molecule has 34 heavy (non-hydrogen) atoms. The average Bonchev–Trinajstić information content (AvgIpc) is 3.11. The third kappa shape index (κ3) is 5.05. The van der Waals surface area contributed by atoms with E-state index in [1.165, 1.54) is 23.1 Å². The van der Waals surface area contributed by atoms with Gasteiger partial charge in [0.1, 0.15) is 0 Å². The second-order valence-electron chi connectivity index (χ2n) is 7.31. The minimum atomic E-state index is -4.65. The Kier molecular flexibility index (Phi) is 6.85. The van der Waals surface area contributed by atoms with Crippen molar-refractivity contribution in [1.82, 2.24) is 0 Å². The number of amides is 2. The van der Waals surface area contributed by atoms with Gasteiger partial charge in [-0.3, -0.25) is 14.5 Å². The molecule has 4 nitrogen and oxygen atoms in total. The molecule has 4 rings (SSSR count). The highest BCUT2D eigenvalue weighted by molar-refractivity contribution is 8.27. The van der Waals surface area contributed by atoms with Gasteiger partial charge >= 0.3 is 6.18 Å². The monoisotopic (exact) mass is 498 g/mol. The summed E-state index contributed by atoms with van der Waals surface area (Å²) in [5.74, 6) is -1.29. The lowest BCUT2D eigenvalue weighted by Crippen LogP contribution is -2.29. The number of benzene rings is 3. The van der Waals surface area contributed by atoms with Crippen LogP contribution >= 0.6 is 24.0 Å². The van der Waals surface area contributed by atoms with Crippen LogP contribution in [-0.4, -0.2) is 16.1 Å². The number of hydrogen-bond donors (Lipinski definition) is 1. The number of nitrogens with one attached hydrogen (secondary N) is 1. The Morgan fingerprint density at radius 3 is 2.15 bits per heavy atom. The van der Waals surface area contributed by atoms with Gasteiger partial charge < -0.3 is 5.32 Å². The number of thioether (sulfide) groups is 1. The van der Waals surface area contributed by atoms with Crippen LogP contribution in [0.15, 0.2) is 95.4 Å². The standard InChI is InChI=1S/C25H17F3N2O2S2/c26-25(27,28)19-13-7-8-14-20(19)29-22(31)18(15-16-9-3-1-4-10-16)21-23(32)30(24(33)34-21)17-11-5-2-6-12-17/h1-14H,15H2,(H,29,31)/b21-18+. The fraction of sp³-hybridized carbons (Fsp3) is 0.0800. The molecule has 0 bridgehead atoms. The van der Waals surface area contributed by atoms with Gasteiger partial charge in [-0.25, -0.2) is 0 Å². The Labute approximate surface area is 203 Å². The van der Waals surface area contributed by atoms with Crippen LogP contribution < -0.4 is 10.2 Å². The quantitative estimate of drug-likeness (QED) is 0.336. The minimum Gasteiger partial charge on any atom is -0.322 e. The van der Waals surface area contributed by atoms with Crippen LogP contribution in [0.25, 0.3) is 0 Å². The van der Waals surface area contributed by atoms with E-state index in [1.807, 2.05) is 0 Å². The molecule has 0 aromatic heterocycles. The van der Waals surface area contributed by atoms with E-state index in [0.29, 0.717) is 5.69 Å². The molecule has 2 amide bonds. The zero-order chi connectivity index (χ0) is 24.3. The lowest BCUT2D eigenvalue weighted by atomic mass is 10.0. The SMILES string of the molecule is O=C(Nc1ccccc1C(F)(F)F)/C(Cc1ccccc1)=C1/SC(=S)N(c2ccccc2)C1=O. The molecule has 9 heteroatoms. The van der Waals surface area contributed by atoms with Crippen molar-refractivity contribution in [1.29, 1.82) is 0 Å². The number of carbonyl (C=O) groups is 2. The summed E-state index contributed by atoms with van der Waals surface area (Å²) < 4.78 is 40.6. The Bertz CT molecular complexity index is 1280. The van der Waals surface area contributed by atoms with Crippen molar-refractivity contribution in [2.75, 3.05) is 10.2 Å². The van der Waals surface area contributed by atoms with Gasteiger partial charge in [0.05, 0.1) is 21.8 Å². The summed E-state index contributed by atoms with van der Waals surface area (Å²) in [6.45, 7) is 0. The second kappa shape index (κ2) is 9.82. The lowest BCUT2D eigenvalue weighted by molar-refractivity contribution is -0.137. The molecule has 0 radical (unpaired) electrons. The molecule has 1 aliphatic rings. The first-order chi connectivity index (χ1) is 16.3. The predicted octanol–water partition coefficient (Wildman–Crippen LogP) is 6.21. The molecular formula is C25H17F3N2O2S2. The third-order valence-electron chi connectivity index (χ3n) is 5.04. The molecule has 1 fully saturated rings. The molecule has 0 atom stereocenters. The first-order valence-corrected chi connectivity index (χ1v) is 11.3.